The van der Waals surface area contributed by atoms with Crippen LogP contribution in [0.5, 0.6) is 0 Å². The summed E-state index contributed by atoms with van der Waals surface area (Å²) in [6.07, 6.45) is 2.23. The van der Waals surface area contributed by atoms with Crippen molar-refractivity contribution in [3.63, 3.8) is 0 Å². The zero-order valence-corrected chi connectivity index (χ0v) is 12.5. The van der Waals surface area contributed by atoms with E-state index in [1.165, 1.54) is 11.8 Å². The van der Waals surface area contributed by atoms with Crippen LogP contribution in [0.25, 0.3) is 0 Å². The van der Waals surface area contributed by atoms with Crippen LogP contribution in [0.1, 0.15) is 28.8 Å². The number of ether oxygens (including phenoxy) is 1. The summed E-state index contributed by atoms with van der Waals surface area (Å²) in [7, 11) is 0. The quantitative estimate of drug-likeness (QED) is 0.805. The molecule has 1 atom stereocenters. The molecule has 0 aliphatic carbocycles. The standard InChI is InChI=1S/C15H19NO4S/c17-14(16-8-13-5-2-6-20-13)10-21-9-11-3-1-4-12(7-11)15(18)19/h1,3-4,7,13H,2,5-6,8-10H2,(H,16,17)(H,18,19). The number of rotatable bonds is 7. The van der Waals surface area contributed by atoms with E-state index in [4.69, 9.17) is 9.84 Å². The Hall–Kier alpha value is -1.53. The molecule has 1 heterocycles. The number of amides is 1. The first-order valence-electron chi connectivity index (χ1n) is 6.93. The molecule has 1 unspecified atom stereocenters. The van der Waals surface area contributed by atoms with E-state index in [1.807, 2.05) is 6.07 Å². The zero-order valence-electron chi connectivity index (χ0n) is 11.7. The number of carboxylic acid groups (broad SMARTS) is 1. The van der Waals surface area contributed by atoms with Gasteiger partial charge in [-0.15, -0.1) is 11.8 Å². The van der Waals surface area contributed by atoms with Crippen LogP contribution in [0.15, 0.2) is 24.3 Å². The Kier molecular flexibility index (Phi) is 6.07. The monoisotopic (exact) mass is 309 g/mol. The first-order chi connectivity index (χ1) is 10.1. The van der Waals surface area contributed by atoms with Crippen LogP contribution in [0.2, 0.25) is 0 Å². The van der Waals surface area contributed by atoms with E-state index in [0.717, 1.165) is 25.0 Å². The molecule has 0 spiro atoms. The lowest BCUT2D eigenvalue weighted by molar-refractivity contribution is -0.119. The second-order valence-electron chi connectivity index (χ2n) is 4.94. The summed E-state index contributed by atoms with van der Waals surface area (Å²) in [5.41, 5.74) is 1.18. The average molecular weight is 309 g/mol. The second-order valence-corrected chi connectivity index (χ2v) is 5.92. The number of aromatic carboxylic acids is 1. The van der Waals surface area contributed by atoms with Crippen molar-refractivity contribution < 1.29 is 19.4 Å². The topological polar surface area (TPSA) is 75.6 Å². The molecule has 1 aliphatic rings. The largest absolute Gasteiger partial charge is 0.478 e. The lowest BCUT2D eigenvalue weighted by atomic mass is 10.1. The molecule has 114 valence electrons. The molecule has 5 nitrogen and oxygen atoms in total. The molecular weight excluding hydrogens is 290 g/mol. The molecule has 1 fully saturated rings. The SMILES string of the molecule is O=C(CSCc1cccc(C(=O)O)c1)NCC1CCCO1. The Balaban J connectivity index is 1.67. The van der Waals surface area contributed by atoms with Gasteiger partial charge in [-0.2, -0.15) is 0 Å². The first-order valence-corrected chi connectivity index (χ1v) is 8.09. The van der Waals surface area contributed by atoms with Crippen molar-refractivity contribution in [2.75, 3.05) is 18.9 Å². The fourth-order valence-electron chi connectivity index (χ4n) is 2.14. The van der Waals surface area contributed by atoms with Crippen molar-refractivity contribution in [1.82, 2.24) is 5.32 Å². The average Bonchev–Trinajstić information content (AvgIpc) is 2.99. The molecule has 1 aromatic carbocycles. The highest BCUT2D eigenvalue weighted by Crippen LogP contribution is 2.14. The van der Waals surface area contributed by atoms with E-state index in [-0.39, 0.29) is 17.6 Å². The molecule has 1 aromatic rings. The van der Waals surface area contributed by atoms with Crippen LogP contribution in [-0.2, 0) is 15.3 Å². The maximum absolute atomic E-state index is 11.7. The molecule has 2 N–H and O–H groups in total. The van der Waals surface area contributed by atoms with E-state index in [2.05, 4.69) is 5.32 Å². The summed E-state index contributed by atoms with van der Waals surface area (Å²) in [6.45, 7) is 1.36. The van der Waals surface area contributed by atoms with E-state index >= 15 is 0 Å². The van der Waals surface area contributed by atoms with Gasteiger partial charge in [-0.25, -0.2) is 4.79 Å². The number of carbonyl (C=O) groups is 2. The van der Waals surface area contributed by atoms with Crippen molar-refractivity contribution in [3.05, 3.63) is 35.4 Å². The van der Waals surface area contributed by atoms with Gasteiger partial charge in [0.05, 0.1) is 17.4 Å². The highest BCUT2D eigenvalue weighted by atomic mass is 32.2. The predicted molar refractivity (Wildman–Crippen MR) is 81.5 cm³/mol. The van der Waals surface area contributed by atoms with E-state index in [9.17, 15) is 9.59 Å². The molecule has 1 aliphatic heterocycles. The van der Waals surface area contributed by atoms with Gasteiger partial charge < -0.3 is 15.2 Å². The Morgan fingerprint density at radius 1 is 1.43 bits per heavy atom. The number of nitrogens with one attached hydrogen (secondary N) is 1. The van der Waals surface area contributed by atoms with Gasteiger partial charge in [0, 0.05) is 18.9 Å². The molecule has 21 heavy (non-hydrogen) atoms. The molecule has 1 amide bonds. The lowest BCUT2D eigenvalue weighted by Crippen LogP contribution is -2.32. The van der Waals surface area contributed by atoms with Crippen LogP contribution < -0.4 is 5.32 Å². The Bertz CT molecular complexity index is 500. The third kappa shape index (κ3) is 5.40. The van der Waals surface area contributed by atoms with Gasteiger partial charge in [-0.3, -0.25) is 4.79 Å². The molecule has 0 radical (unpaired) electrons. The van der Waals surface area contributed by atoms with Crippen LogP contribution in [-0.4, -0.2) is 42.0 Å². The summed E-state index contributed by atoms with van der Waals surface area (Å²) >= 11 is 1.47. The van der Waals surface area contributed by atoms with Gasteiger partial charge in [0.2, 0.25) is 5.91 Å². The van der Waals surface area contributed by atoms with Gasteiger partial charge in [0.25, 0.3) is 0 Å². The molecule has 1 saturated heterocycles. The molecule has 0 bridgehead atoms. The van der Waals surface area contributed by atoms with Gasteiger partial charge in [-0.1, -0.05) is 12.1 Å². The number of benzene rings is 1. The Morgan fingerprint density at radius 3 is 3.00 bits per heavy atom. The third-order valence-corrected chi connectivity index (χ3v) is 4.23. The van der Waals surface area contributed by atoms with Crippen molar-refractivity contribution >= 4 is 23.6 Å². The Morgan fingerprint density at radius 2 is 2.29 bits per heavy atom. The minimum atomic E-state index is -0.934. The van der Waals surface area contributed by atoms with Crippen molar-refractivity contribution in [2.24, 2.45) is 0 Å². The number of hydrogen-bond acceptors (Lipinski definition) is 4. The van der Waals surface area contributed by atoms with Crippen LogP contribution in [0.3, 0.4) is 0 Å². The lowest BCUT2D eigenvalue weighted by Gasteiger charge is -2.10. The van der Waals surface area contributed by atoms with Crippen molar-refractivity contribution in [3.8, 4) is 0 Å². The maximum Gasteiger partial charge on any atom is 0.335 e. The van der Waals surface area contributed by atoms with Gasteiger partial charge in [0.1, 0.15) is 0 Å². The minimum Gasteiger partial charge on any atom is -0.478 e. The Labute approximate surface area is 128 Å². The summed E-state index contributed by atoms with van der Waals surface area (Å²) in [5, 5.41) is 11.8. The molecular formula is C15H19NO4S. The summed E-state index contributed by atoms with van der Waals surface area (Å²) in [6, 6.07) is 6.78. The number of hydrogen-bond donors (Lipinski definition) is 2. The fourth-order valence-corrected chi connectivity index (χ4v) is 2.94. The van der Waals surface area contributed by atoms with Crippen molar-refractivity contribution in [1.29, 1.82) is 0 Å². The molecule has 2 rings (SSSR count). The van der Waals surface area contributed by atoms with Gasteiger partial charge in [-0.05, 0) is 30.5 Å². The summed E-state index contributed by atoms with van der Waals surface area (Å²) in [4.78, 5) is 22.5. The summed E-state index contributed by atoms with van der Waals surface area (Å²) < 4.78 is 5.44. The summed E-state index contributed by atoms with van der Waals surface area (Å²) in [5.74, 6) is 0.0411. The molecule has 0 saturated carbocycles. The molecule has 0 aromatic heterocycles. The van der Waals surface area contributed by atoms with Gasteiger partial charge in [0.15, 0.2) is 0 Å². The van der Waals surface area contributed by atoms with Crippen LogP contribution in [0.4, 0.5) is 0 Å². The maximum atomic E-state index is 11.7. The number of carbonyl (C=O) groups excluding carboxylic acids is 1. The fraction of sp³-hybridized carbons (Fsp3) is 0.467. The van der Waals surface area contributed by atoms with Crippen LogP contribution >= 0.6 is 11.8 Å². The predicted octanol–water partition coefficient (Wildman–Crippen LogP) is 1.91. The van der Waals surface area contributed by atoms with E-state index in [1.54, 1.807) is 18.2 Å². The van der Waals surface area contributed by atoms with Crippen molar-refractivity contribution in [2.45, 2.75) is 24.7 Å². The second kappa shape index (κ2) is 8.05. The van der Waals surface area contributed by atoms with Crippen LogP contribution in [0, 0.1) is 0 Å². The van der Waals surface area contributed by atoms with Gasteiger partial charge >= 0.3 is 5.97 Å². The highest BCUT2D eigenvalue weighted by molar-refractivity contribution is 7.99. The smallest absolute Gasteiger partial charge is 0.335 e. The zero-order chi connectivity index (χ0) is 15.1. The normalized spacial score (nSPS) is 17.6. The number of thioether (sulfide) groups is 1. The van der Waals surface area contributed by atoms with E-state index < -0.39 is 5.97 Å². The molecule has 6 heteroatoms. The third-order valence-electron chi connectivity index (χ3n) is 3.23. The number of carboxylic acids is 1. The first kappa shape index (κ1) is 15.9. The highest BCUT2D eigenvalue weighted by Gasteiger charge is 2.15. The van der Waals surface area contributed by atoms with E-state index in [0.29, 0.717) is 18.1 Å². The minimum absolute atomic E-state index is 0.00936.